The van der Waals surface area contributed by atoms with Crippen LogP contribution < -0.4 is 5.32 Å². The summed E-state index contributed by atoms with van der Waals surface area (Å²) in [6.45, 7) is 2.06. The minimum atomic E-state index is -0.438. The topological polar surface area (TPSA) is 57.8 Å². The quantitative estimate of drug-likeness (QED) is 0.730. The van der Waals surface area contributed by atoms with Gasteiger partial charge in [0.15, 0.2) is 0 Å². The van der Waals surface area contributed by atoms with Gasteiger partial charge in [0.1, 0.15) is 11.5 Å². The molecule has 4 nitrogen and oxygen atoms in total. The van der Waals surface area contributed by atoms with Crippen LogP contribution in [0.25, 0.3) is 11.3 Å². The van der Waals surface area contributed by atoms with Crippen LogP contribution in [0.1, 0.15) is 29.4 Å². The molecule has 2 N–H and O–H groups in total. The molecule has 0 radical (unpaired) electrons. The lowest BCUT2D eigenvalue weighted by Crippen LogP contribution is -2.13. The molecule has 1 aromatic heterocycles. The van der Waals surface area contributed by atoms with Crippen molar-refractivity contribution in [1.29, 1.82) is 0 Å². The van der Waals surface area contributed by atoms with Gasteiger partial charge in [0, 0.05) is 11.1 Å². The summed E-state index contributed by atoms with van der Waals surface area (Å²) in [7, 11) is 0. The molecule has 0 atom stereocenters. The molecule has 0 fully saturated rings. The number of carbonyl (C=O) groups is 1. The van der Waals surface area contributed by atoms with E-state index in [4.69, 9.17) is 0 Å². The van der Waals surface area contributed by atoms with E-state index in [1.165, 1.54) is 18.2 Å². The third kappa shape index (κ3) is 3.35. The normalized spacial score (nSPS) is 10.6. The number of amides is 1. The molecule has 3 aromatic rings. The number of anilines is 1. The van der Waals surface area contributed by atoms with Crippen molar-refractivity contribution >= 4 is 11.6 Å². The lowest BCUT2D eigenvalue weighted by molar-refractivity contribution is 0.102. The number of halogens is 1. The van der Waals surface area contributed by atoms with Gasteiger partial charge in [-0.1, -0.05) is 49.7 Å². The number of hydrogen-bond donors (Lipinski definition) is 2. The number of benzene rings is 2. The van der Waals surface area contributed by atoms with E-state index in [1.54, 1.807) is 6.07 Å². The van der Waals surface area contributed by atoms with E-state index in [1.807, 2.05) is 30.3 Å². The summed E-state index contributed by atoms with van der Waals surface area (Å²) in [6.07, 6.45) is 1.68. The van der Waals surface area contributed by atoms with Gasteiger partial charge in [-0.25, -0.2) is 4.39 Å². The van der Waals surface area contributed by atoms with Crippen molar-refractivity contribution in [3.63, 3.8) is 0 Å². The van der Waals surface area contributed by atoms with Crippen molar-refractivity contribution in [2.45, 2.75) is 19.8 Å². The molecule has 2 aromatic carbocycles. The zero-order valence-electron chi connectivity index (χ0n) is 13.3. The average molecular weight is 323 g/mol. The van der Waals surface area contributed by atoms with Crippen LogP contribution in [-0.2, 0) is 6.42 Å². The summed E-state index contributed by atoms with van der Waals surface area (Å²) in [4.78, 5) is 12.5. The van der Waals surface area contributed by atoms with Crippen molar-refractivity contribution in [2.75, 3.05) is 5.32 Å². The van der Waals surface area contributed by atoms with Crippen LogP contribution in [0, 0.1) is 5.82 Å². The molecular formula is C19H18FN3O. The molecule has 122 valence electrons. The first kappa shape index (κ1) is 15.9. The fraction of sp³-hybridized carbons (Fsp3) is 0.158. The third-order valence-electron chi connectivity index (χ3n) is 3.71. The largest absolute Gasteiger partial charge is 0.319 e. The van der Waals surface area contributed by atoms with Crippen LogP contribution in [0.3, 0.4) is 0 Å². The van der Waals surface area contributed by atoms with Crippen LogP contribution in [0.4, 0.5) is 10.1 Å². The first-order valence-corrected chi connectivity index (χ1v) is 7.88. The number of carbonyl (C=O) groups excluding carboxylic acids is 1. The minimum Gasteiger partial charge on any atom is -0.319 e. The van der Waals surface area contributed by atoms with Crippen molar-refractivity contribution in [3.05, 3.63) is 71.7 Å². The van der Waals surface area contributed by atoms with Crippen molar-refractivity contribution < 1.29 is 9.18 Å². The van der Waals surface area contributed by atoms with E-state index in [2.05, 4.69) is 22.4 Å². The summed E-state index contributed by atoms with van der Waals surface area (Å²) in [5.41, 5.74) is 3.38. The molecule has 0 saturated carbocycles. The van der Waals surface area contributed by atoms with E-state index in [0.717, 1.165) is 24.1 Å². The van der Waals surface area contributed by atoms with Crippen LogP contribution in [0.5, 0.6) is 0 Å². The monoisotopic (exact) mass is 323 g/mol. The van der Waals surface area contributed by atoms with Gasteiger partial charge >= 0.3 is 0 Å². The van der Waals surface area contributed by atoms with Gasteiger partial charge in [-0.05, 0) is 24.6 Å². The molecule has 0 saturated heterocycles. The molecule has 24 heavy (non-hydrogen) atoms. The Morgan fingerprint density at radius 1 is 1.17 bits per heavy atom. The molecule has 0 unspecified atom stereocenters. The van der Waals surface area contributed by atoms with E-state index in [9.17, 15) is 9.18 Å². The number of aryl methyl sites for hydroxylation is 1. The second-order valence-electron chi connectivity index (χ2n) is 5.51. The zero-order valence-corrected chi connectivity index (χ0v) is 13.3. The van der Waals surface area contributed by atoms with Crippen LogP contribution in [0.2, 0.25) is 0 Å². The highest BCUT2D eigenvalue weighted by Crippen LogP contribution is 2.29. The number of hydrogen-bond acceptors (Lipinski definition) is 2. The lowest BCUT2D eigenvalue weighted by Gasteiger charge is -2.08. The van der Waals surface area contributed by atoms with E-state index >= 15 is 0 Å². The molecule has 5 heteroatoms. The fourth-order valence-electron chi connectivity index (χ4n) is 2.56. The Kier molecular flexibility index (Phi) is 4.70. The number of nitrogens with one attached hydrogen (secondary N) is 2. The number of aromatic nitrogens is 2. The maximum atomic E-state index is 13.4. The Hall–Kier alpha value is -2.95. The molecule has 3 rings (SSSR count). The van der Waals surface area contributed by atoms with E-state index in [-0.39, 0.29) is 11.5 Å². The van der Waals surface area contributed by atoms with Gasteiger partial charge in [0.05, 0.1) is 11.4 Å². The molecule has 0 aliphatic rings. The maximum absolute atomic E-state index is 13.4. The highest BCUT2D eigenvalue weighted by atomic mass is 19.1. The summed E-state index contributed by atoms with van der Waals surface area (Å²) in [5.74, 6) is -0.794. The Morgan fingerprint density at radius 2 is 1.96 bits per heavy atom. The number of rotatable bonds is 5. The summed E-state index contributed by atoms with van der Waals surface area (Å²) < 4.78 is 13.4. The predicted octanol–water partition coefficient (Wildman–Crippen LogP) is 4.42. The molecule has 1 amide bonds. The SMILES string of the molecule is CCCc1[nH]nc(-c2ccccc2)c1NC(=O)c1cccc(F)c1. The zero-order chi connectivity index (χ0) is 16.9. The molecule has 0 aliphatic heterocycles. The summed E-state index contributed by atoms with van der Waals surface area (Å²) >= 11 is 0. The van der Waals surface area contributed by atoms with Crippen LogP contribution in [-0.4, -0.2) is 16.1 Å². The Labute approximate surface area is 139 Å². The van der Waals surface area contributed by atoms with Crippen molar-refractivity contribution in [3.8, 4) is 11.3 Å². The lowest BCUT2D eigenvalue weighted by atomic mass is 10.1. The highest BCUT2D eigenvalue weighted by molar-refractivity contribution is 6.06. The number of nitrogens with zero attached hydrogens (tertiary/aromatic N) is 1. The number of H-pyrrole nitrogens is 1. The summed E-state index contributed by atoms with van der Waals surface area (Å²) in [5, 5.41) is 10.2. The second kappa shape index (κ2) is 7.08. The smallest absolute Gasteiger partial charge is 0.255 e. The Balaban J connectivity index is 1.96. The first-order valence-electron chi connectivity index (χ1n) is 7.88. The number of aromatic amines is 1. The van der Waals surface area contributed by atoms with Gasteiger partial charge in [-0.15, -0.1) is 0 Å². The van der Waals surface area contributed by atoms with E-state index < -0.39 is 5.82 Å². The Morgan fingerprint density at radius 3 is 2.67 bits per heavy atom. The predicted molar refractivity (Wildman–Crippen MR) is 92.4 cm³/mol. The maximum Gasteiger partial charge on any atom is 0.255 e. The molecule has 0 spiro atoms. The van der Waals surface area contributed by atoms with Gasteiger partial charge in [-0.3, -0.25) is 9.89 Å². The average Bonchev–Trinajstić information content (AvgIpc) is 2.98. The molecular weight excluding hydrogens is 305 g/mol. The highest BCUT2D eigenvalue weighted by Gasteiger charge is 2.17. The summed E-state index contributed by atoms with van der Waals surface area (Å²) in [6, 6.07) is 15.3. The van der Waals surface area contributed by atoms with Gasteiger partial charge in [-0.2, -0.15) is 5.10 Å². The molecule has 0 aliphatic carbocycles. The van der Waals surface area contributed by atoms with Crippen molar-refractivity contribution in [1.82, 2.24) is 10.2 Å². The molecule has 0 bridgehead atoms. The minimum absolute atomic E-state index is 0.276. The Bertz CT molecular complexity index is 843. The van der Waals surface area contributed by atoms with Crippen molar-refractivity contribution in [2.24, 2.45) is 0 Å². The van der Waals surface area contributed by atoms with Crippen LogP contribution >= 0.6 is 0 Å². The van der Waals surface area contributed by atoms with Gasteiger partial charge in [0.25, 0.3) is 5.91 Å². The fourth-order valence-corrected chi connectivity index (χ4v) is 2.56. The van der Waals surface area contributed by atoms with Crippen LogP contribution in [0.15, 0.2) is 54.6 Å². The second-order valence-corrected chi connectivity index (χ2v) is 5.51. The van der Waals surface area contributed by atoms with Gasteiger partial charge < -0.3 is 5.32 Å². The standard InChI is InChI=1S/C19H18FN3O/c1-2-7-16-18(17(23-22-16)13-8-4-3-5-9-13)21-19(24)14-10-6-11-15(20)12-14/h3-6,8-12H,2,7H2,1H3,(H,21,24)(H,22,23). The first-order chi connectivity index (χ1) is 11.7. The van der Waals surface area contributed by atoms with E-state index in [0.29, 0.717) is 11.4 Å². The van der Waals surface area contributed by atoms with Gasteiger partial charge in [0.2, 0.25) is 0 Å². The molecule has 1 heterocycles. The third-order valence-corrected chi connectivity index (χ3v) is 3.71.